The zero-order valence-electron chi connectivity index (χ0n) is 14.0. The van der Waals surface area contributed by atoms with E-state index in [0.717, 1.165) is 29.5 Å². The van der Waals surface area contributed by atoms with Gasteiger partial charge >= 0.3 is 0 Å². The van der Waals surface area contributed by atoms with E-state index in [9.17, 15) is 14.4 Å². The van der Waals surface area contributed by atoms with E-state index >= 15 is 0 Å². The van der Waals surface area contributed by atoms with Gasteiger partial charge in [0.25, 0.3) is 11.1 Å². The lowest BCUT2D eigenvalue weighted by Crippen LogP contribution is -2.40. The van der Waals surface area contributed by atoms with Crippen molar-refractivity contribution in [3.05, 3.63) is 34.7 Å². The molecule has 0 atom stereocenters. The molecule has 0 aliphatic carbocycles. The molecule has 26 heavy (non-hydrogen) atoms. The van der Waals surface area contributed by atoms with Gasteiger partial charge in [-0.15, -0.1) is 0 Å². The van der Waals surface area contributed by atoms with Gasteiger partial charge in [-0.25, -0.2) is 0 Å². The number of rotatable bonds is 5. The number of imide groups is 1. The Kier molecular flexibility index (Phi) is 5.58. The summed E-state index contributed by atoms with van der Waals surface area (Å²) in [6.07, 6.45) is 3.46. The highest BCUT2D eigenvalue weighted by molar-refractivity contribution is 8.18. The average molecular weight is 371 g/mol. The van der Waals surface area contributed by atoms with Crippen LogP contribution in [-0.4, -0.2) is 53.1 Å². The van der Waals surface area contributed by atoms with Gasteiger partial charge in [0, 0.05) is 18.7 Å². The van der Waals surface area contributed by atoms with Gasteiger partial charge in [-0.1, -0.05) is 18.2 Å². The summed E-state index contributed by atoms with van der Waals surface area (Å²) in [7, 11) is 0. The van der Waals surface area contributed by atoms with E-state index in [1.807, 2.05) is 6.07 Å². The van der Waals surface area contributed by atoms with Crippen LogP contribution in [0.15, 0.2) is 29.2 Å². The molecular weight excluding hydrogens is 354 g/mol. The van der Waals surface area contributed by atoms with Crippen LogP contribution in [0, 0.1) is 11.3 Å². The number of likely N-dealkylation sites (tertiary alicyclic amines) is 1. The molecule has 0 spiro atoms. The molecule has 7 nitrogen and oxygen atoms in total. The molecule has 3 amide bonds. The quantitative estimate of drug-likeness (QED) is 0.738. The van der Waals surface area contributed by atoms with E-state index < -0.39 is 11.1 Å². The third-order valence-corrected chi connectivity index (χ3v) is 5.03. The maximum absolute atomic E-state index is 12.5. The largest absolute Gasteiger partial charge is 0.478 e. The Bertz CT molecular complexity index is 809. The minimum atomic E-state index is -0.484. The normalized spacial score (nSPS) is 18.5. The third-order valence-electron chi connectivity index (χ3n) is 4.12. The maximum atomic E-state index is 12.5. The van der Waals surface area contributed by atoms with Crippen LogP contribution in [0.25, 0.3) is 6.08 Å². The Morgan fingerprint density at radius 2 is 2.00 bits per heavy atom. The van der Waals surface area contributed by atoms with Crippen molar-refractivity contribution in [3.63, 3.8) is 0 Å². The number of benzene rings is 1. The van der Waals surface area contributed by atoms with Crippen LogP contribution in [-0.2, 0) is 9.59 Å². The van der Waals surface area contributed by atoms with Crippen molar-refractivity contribution in [2.24, 2.45) is 0 Å². The Morgan fingerprint density at radius 3 is 2.73 bits per heavy atom. The summed E-state index contributed by atoms with van der Waals surface area (Å²) in [6.45, 7) is 1.01. The predicted octanol–water partition coefficient (Wildman–Crippen LogP) is 2.25. The van der Waals surface area contributed by atoms with Gasteiger partial charge in [-0.05, 0) is 36.7 Å². The van der Waals surface area contributed by atoms with Crippen molar-refractivity contribution in [1.82, 2.24) is 9.80 Å². The summed E-state index contributed by atoms with van der Waals surface area (Å²) < 4.78 is 5.33. The molecule has 0 saturated carbocycles. The summed E-state index contributed by atoms with van der Waals surface area (Å²) in [4.78, 5) is 39.8. The molecule has 134 valence electrons. The van der Waals surface area contributed by atoms with Crippen molar-refractivity contribution >= 4 is 34.9 Å². The minimum absolute atomic E-state index is 0.114. The van der Waals surface area contributed by atoms with E-state index in [1.165, 1.54) is 0 Å². The fourth-order valence-corrected chi connectivity index (χ4v) is 3.65. The zero-order valence-corrected chi connectivity index (χ0v) is 14.8. The fraction of sp³-hybridized carbons (Fsp3) is 0.333. The van der Waals surface area contributed by atoms with E-state index in [1.54, 1.807) is 35.2 Å². The summed E-state index contributed by atoms with van der Waals surface area (Å²) in [5.41, 5.74) is 0.596. The lowest BCUT2D eigenvalue weighted by Gasteiger charge is -2.18. The van der Waals surface area contributed by atoms with Crippen molar-refractivity contribution in [2.75, 3.05) is 26.2 Å². The SMILES string of the molecule is N#CCOc1ccccc1/C=C1\SC(=O)N(CC(=O)N2CCCC2)C1=O. The first-order valence-corrected chi connectivity index (χ1v) is 9.03. The molecular formula is C18H17N3O4S. The van der Waals surface area contributed by atoms with Gasteiger partial charge in [-0.3, -0.25) is 19.3 Å². The van der Waals surface area contributed by atoms with E-state index in [-0.39, 0.29) is 24.0 Å². The van der Waals surface area contributed by atoms with Crippen LogP contribution in [0.3, 0.4) is 0 Å². The van der Waals surface area contributed by atoms with Crippen molar-refractivity contribution in [2.45, 2.75) is 12.8 Å². The Hall–Kier alpha value is -2.79. The molecule has 0 unspecified atom stereocenters. The monoisotopic (exact) mass is 371 g/mol. The lowest BCUT2D eigenvalue weighted by atomic mass is 10.2. The van der Waals surface area contributed by atoms with Crippen LogP contribution in [0.2, 0.25) is 0 Å². The highest BCUT2D eigenvalue weighted by Crippen LogP contribution is 2.34. The second-order valence-corrected chi connectivity index (χ2v) is 6.83. The van der Waals surface area contributed by atoms with Crippen LogP contribution in [0.5, 0.6) is 5.75 Å². The second-order valence-electron chi connectivity index (χ2n) is 5.84. The van der Waals surface area contributed by atoms with E-state index in [2.05, 4.69) is 0 Å². The van der Waals surface area contributed by atoms with Crippen molar-refractivity contribution in [3.8, 4) is 11.8 Å². The van der Waals surface area contributed by atoms with Crippen LogP contribution >= 0.6 is 11.8 Å². The van der Waals surface area contributed by atoms with Gasteiger partial charge < -0.3 is 9.64 Å². The molecule has 8 heteroatoms. The molecule has 2 saturated heterocycles. The Labute approximate surface area is 155 Å². The zero-order chi connectivity index (χ0) is 18.5. The molecule has 0 N–H and O–H groups in total. The third kappa shape index (κ3) is 3.89. The Balaban J connectivity index is 1.75. The van der Waals surface area contributed by atoms with Crippen LogP contribution < -0.4 is 4.74 Å². The van der Waals surface area contributed by atoms with Gasteiger partial charge in [0.05, 0.1) is 4.91 Å². The number of carbonyl (C=O) groups excluding carboxylic acids is 3. The van der Waals surface area contributed by atoms with Crippen LogP contribution in [0.4, 0.5) is 4.79 Å². The number of hydrogen-bond acceptors (Lipinski definition) is 6. The number of para-hydroxylation sites is 1. The van der Waals surface area contributed by atoms with Gasteiger partial charge in [0.15, 0.2) is 6.61 Å². The molecule has 0 radical (unpaired) electrons. The number of amides is 3. The molecule has 0 bridgehead atoms. The molecule has 0 aromatic heterocycles. The highest BCUT2D eigenvalue weighted by atomic mass is 32.2. The lowest BCUT2D eigenvalue weighted by molar-refractivity contribution is -0.135. The van der Waals surface area contributed by atoms with E-state index in [4.69, 9.17) is 10.00 Å². The molecule has 2 heterocycles. The molecule has 1 aromatic carbocycles. The molecule has 2 aliphatic heterocycles. The second kappa shape index (κ2) is 8.06. The van der Waals surface area contributed by atoms with Gasteiger partial charge in [-0.2, -0.15) is 5.26 Å². The number of hydrogen-bond donors (Lipinski definition) is 0. The average Bonchev–Trinajstić information content (AvgIpc) is 3.26. The number of thioether (sulfide) groups is 1. The minimum Gasteiger partial charge on any atom is -0.478 e. The van der Waals surface area contributed by atoms with Crippen molar-refractivity contribution in [1.29, 1.82) is 5.26 Å². The Morgan fingerprint density at radius 1 is 1.27 bits per heavy atom. The molecule has 1 aromatic rings. The highest BCUT2D eigenvalue weighted by Gasteiger charge is 2.37. The molecule has 2 aliphatic rings. The molecule has 3 rings (SSSR count). The summed E-state index contributed by atoms with van der Waals surface area (Å²) in [6, 6.07) is 8.83. The van der Waals surface area contributed by atoms with Crippen LogP contribution in [0.1, 0.15) is 18.4 Å². The topological polar surface area (TPSA) is 90.7 Å². The number of ether oxygens (including phenoxy) is 1. The standard InChI is InChI=1S/C18H17N3O4S/c19-7-10-25-14-6-2-1-5-13(14)11-15-17(23)21(18(24)26-15)12-16(22)20-8-3-4-9-20/h1-2,5-6,11H,3-4,8-10,12H2/b15-11-. The van der Waals surface area contributed by atoms with Crippen molar-refractivity contribution < 1.29 is 19.1 Å². The summed E-state index contributed by atoms with van der Waals surface area (Å²) in [5, 5.41) is 8.20. The first kappa shape index (κ1) is 18.0. The number of nitrogens with zero attached hydrogens (tertiary/aromatic N) is 3. The maximum Gasteiger partial charge on any atom is 0.294 e. The smallest absolute Gasteiger partial charge is 0.294 e. The molecule has 2 fully saturated rings. The summed E-state index contributed by atoms with van der Waals surface area (Å²) >= 11 is 0.801. The summed E-state index contributed by atoms with van der Waals surface area (Å²) in [5.74, 6) is -0.236. The predicted molar refractivity (Wildman–Crippen MR) is 96.0 cm³/mol. The number of nitriles is 1. The van der Waals surface area contributed by atoms with Gasteiger partial charge in [0.1, 0.15) is 18.4 Å². The first-order chi connectivity index (χ1) is 12.6. The fourth-order valence-electron chi connectivity index (χ4n) is 2.82. The number of carbonyl (C=O) groups is 3. The first-order valence-electron chi connectivity index (χ1n) is 8.22. The van der Waals surface area contributed by atoms with E-state index in [0.29, 0.717) is 24.4 Å². The van der Waals surface area contributed by atoms with Gasteiger partial charge in [0.2, 0.25) is 5.91 Å².